The van der Waals surface area contributed by atoms with Crippen molar-refractivity contribution >= 4 is 28.2 Å². The second-order valence-corrected chi connectivity index (χ2v) is 7.62. The quantitative estimate of drug-likeness (QED) is 0.471. The summed E-state index contributed by atoms with van der Waals surface area (Å²) < 4.78 is 1.70. The van der Waals surface area contributed by atoms with E-state index in [1.165, 1.54) is 11.3 Å². The molecule has 0 atom stereocenters. The molecule has 30 heavy (non-hydrogen) atoms. The summed E-state index contributed by atoms with van der Waals surface area (Å²) in [5, 5.41) is 12.6. The molecule has 3 aromatic heterocycles. The van der Waals surface area contributed by atoms with Gasteiger partial charge in [0.15, 0.2) is 0 Å². The molecule has 0 aliphatic heterocycles. The molecule has 8 heteroatoms. The number of imidazole rings is 1. The minimum Gasteiger partial charge on any atom is -0.295 e. The smallest absolute Gasteiger partial charge is 0.277 e. The number of benzene rings is 2. The van der Waals surface area contributed by atoms with Gasteiger partial charge in [0.05, 0.1) is 5.92 Å². The van der Waals surface area contributed by atoms with Crippen molar-refractivity contribution in [2.45, 2.75) is 5.92 Å². The van der Waals surface area contributed by atoms with E-state index in [0.717, 1.165) is 16.1 Å². The summed E-state index contributed by atoms with van der Waals surface area (Å²) in [7, 11) is 0. The molecule has 0 radical (unpaired) electrons. The Morgan fingerprint density at radius 2 is 1.63 bits per heavy atom. The van der Waals surface area contributed by atoms with Gasteiger partial charge in [0.25, 0.3) is 5.91 Å². The third kappa shape index (κ3) is 3.56. The Bertz CT molecular complexity index is 1230. The Hall–Kier alpha value is -3.91. The first kappa shape index (κ1) is 18.1. The lowest BCUT2D eigenvalue weighted by molar-refractivity contribution is 0.102. The normalized spacial score (nSPS) is 11.1. The lowest BCUT2D eigenvalue weighted by atomic mass is 9.92. The molecular formula is C22H16N6OS. The predicted octanol–water partition coefficient (Wildman–Crippen LogP) is 4.01. The summed E-state index contributed by atoms with van der Waals surface area (Å²) in [5.74, 6) is 0.0583. The van der Waals surface area contributed by atoms with Crippen molar-refractivity contribution in [3.8, 4) is 0 Å². The summed E-state index contributed by atoms with van der Waals surface area (Å²) in [6.07, 6.45) is 5.06. The van der Waals surface area contributed by atoms with Crippen LogP contribution in [0.5, 0.6) is 0 Å². The topological polar surface area (TPSA) is 85.1 Å². The van der Waals surface area contributed by atoms with Crippen LogP contribution in [0.1, 0.15) is 32.5 Å². The highest BCUT2D eigenvalue weighted by atomic mass is 32.1. The summed E-state index contributed by atoms with van der Waals surface area (Å²) in [4.78, 5) is 21.0. The summed E-state index contributed by atoms with van der Waals surface area (Å²) >= 11 is 1.36. The van der Waals surface area contributed by atoms with E-state index < -0.39 is 0 Å². The molecule has 0 saturated heterocycles. The molecule has 146 valence electrons. The third-order valence-electron chi connectivity index (χ3n) is 4.64. The maximum atomic E-state index is 12.6. The van der Waals surface area contributed by atoms with E-state index in [9.17, 15) is 4.79 Å². The lowest BCUT2D eigenvalue weighted by Gasteiger charge is -2.14. The Kier molecular flexibility index (Phi) is 4.74. The number of carbonyl (C=O) groups is 1. The molecule has 0 aliphatic carbocycles. The Morgan fingerprint density at radius 3 is 2.30 bits per heavy atom. The largest absolute Gasteiger partial charge is 0.295 e. The number of nitrogens with one attached hydrogen (secondary N) is 1. The van der Waals surface area contributed by atoms with E-state index >= 15 is 0 Å². The molecule has 3 heterocycles. The first-order chi connectivity index (χ1) is 14.8. The minimum atomic E-state index is -0.348. The average molecular weight is 412 g/mol. The molecule has 0 bridgehead atoms. The zero-order valence-corrected chi connectivity index (χ0v) is 16.5. The molecule has 0 fully saturated rings. The Labute approximate surface area is 176 Å². The molecule has 5 aromatic rings. The molecule has 0 unspecified atom stereocenters. The van der Waals surface area contributed by atoms with Gasteiger partial charge in [-0.3, -0.25) is 14.5 Å². The van der Waals surface area contributed by atoms with Gasteiger partial charge in [0.2, 0.25) is 10.9 Å². The fourth-order valence-electron chi connectivity index (χ4n) is 3.27. The van der Waals surface area contributed by atoms with Crippen molar-refractivity contribution in [1.29, 1.82) is 0 Å². The number of hydrogen-bond acceptors (Lipinski definition) is 6. The number of anilines is 1. The van der Waals surface area contributed by atoms with Crippen molar-refractivity contribution in [2.75, 3.05) is 5.32 Å². The van der Waals surface area contributed by atoms with Crippen LogP contribution in [0.2, 0.25) is 0 Å². The van der Waals surface area contributed by atoms with E-state index in [4.69, 9.17) is 0 Å². The second kappa shape index (κ2) is 7.84. The van der Waals surface area contributed by atoms with Gasteiger partial charge in [0, 0.05) is 18.6 Å². The van der Waals surface area contributed by atoms with Crippen molar-refractivity contribution in [1.82, 2.24) is 24.6 Å². The average Bonchev–Trinajstić information content (AvgIpc) is 3.43. The molecule has 7 nitrogen and oxygen atoms in total. The molecule has 0 saturated carbocycles. The van der Waals surface area contributed by atoms with E-state index in [2.05, 4.69) is 49.7 Å². The number of amides is 1. The highest BCUT2D eigenvalue weighted by Crippen LogP contribution is 2.34. The van der Waals surface area contributed by atoms with Crippen molar-refractivity contribution < 1.29 is 4.79 Å². The van der Waals surface area contributed by atoms with E-state index in [-0.39, 0.29) is 17.5 Å². The monoisotopic (exact) mass is 412 g/mol. The molecule has 0 aliphatic rings. The van der Waals surface area contributed by atoms with Gasteiger partial charge < -0.3 is 0 Å². The SMILES string of the molecule is O=C(Nc1nnc(C(c2ccccc2)c2ccccc2)s1)c1cn2cccnc2n1. The zero-order valence-electron chi connectivity index (χ0n) is 15.7. The number of carbonyl (C=O) groups excluding carboxylic acids is 1. The van der Waals surface area contributed by atoms with Crippen LogP contribution in [-0.2, 0) is 0 Å². The minimum absolute atomic E-state index is 0.0602. The summed E-state index contributed by atoms with van der Waals surface area (Å²) in [6, 6.07) is 22.1. The van der Waals surface area contributed by atoms with E-state index in [0.29, 0.717) is 10.9 Å². The van der Waals surface area contributed by atoms with Crippen LogP contribution in [0.15, 0.2) is 85.3 Å². The number of fused-ring (bicyclic) bond motifs is 1. The van der Waals surface area contributed by atoms with Crippen LogP contribution in [0, 0.1) is 0 Å². The highest BCUT2D eigenvalue weighted by Gasteiger charge is 2.22. The van der Waals surface area contributed by atoms with Crippen LogP contribution < -0.4 is 5.32 Å². The standard InChI is InChI=1S/C22H16N6OS/c29-19(17-14-28-13-7-12-23-21(28)24-17)25-22-27-26-20(30-22)18(15-8-3-1-4-9-15)16-10-5-2-6-11-16/h1-14,18H,(H,25,27,29). The van der Waals surface area contributed by atoms with Crippen LogP contribution in [-0.4, -0.2) is 30.5 Å². The van der Waals surface area contributed by atoms with Gasteiger partial charge >= 0.3 is 0 Å². The van der Waals surface area contributed by atoms with Crippen molar-refractivity contribution in [3.63, 3.8) is 0 Å². The zero-order chi connectivity index (χ0) is 20.3. The highest BCUT2D eigenvalue weighted by molar-refractivity contribution is 7.15. The number of nitrogens with zero attached hydrogens (tertiary/aromatic N) is 5. The third-order valence-corrected chi connectivity index (χ3v) is 5.55. The molecular weight excluding hydrogens is 396 g/mol. The number of aromatic nitrogens is 5. The Morgan fingerprint density at radius 1 is 0.933 bits per heavy atom. The molecule has 1 amide bonds. The fourth-order valence-corrected chi connectivity index (χ4v) is 4.17. The molecule has 1 N–H and O–H groups in total. The van der Waals surface area contributed by atoms with Crippen LogP contribution >= 0.6 is 11.3 Å². The first-order valence-electron chi connectivity index (χ1n) is 9.32. The molecule has 0 spiro atoms. The van der Waals surface area contributed by atoms with Crippen LogP contribution in [0.3, 0.4) is 0 Å². The summed E-state index contributed by atoms with van der Waals surface area (Å²) in [6.45, 7) is 0. The first-order valence-corrected chi connectivity index (χ1v) is 10.1. The van der Waals surface area contributed by atoms with Gasteiger partial charge in [-0.15, -0.1) is 10.2 Å². The summed E-state index contributed by atoms with van der Waals surface area (Å²) in [5.41, 5.74) is 2.50. The van der Waals surface area contributed by atoms with Gasteiger partial charge in [-0.05, 0) is 17.2 Å². The van der Waals surface area contributed by atoms with E-state index in [1.54, 1.807) is 29.1 Å². The molecule has 2 aromatic carbocycles. The lowest BCUT2D eigenvalue weighted by Crippen LogP contribution is -2.12. The van der Waals surface area contributed by atoms with Crippen LogP contribution in [0.4, 0.5) is 5.13 Å². The van der Waals surface area contributed by atoms with Crippen molar-refractivity contribution in [2.24, 2.45) is 0 Å². The maximum absolute atomic E-state index is 12.6. The van der Waals surface area contributed by atoms with Gasteiger partial charge in [-0.1, -0.05) is 72.0 Å². The maximum Gasteiger partial charge on any atom is 0.277 e. The van der Waals surface area contributed by atoms with Crippen LogP contribution in [0.25, 0.3) is 5.78 Å². The fraction of sp³-hybridized carbons (Fsp3) is 0.0455. The van der Waals surface area contributed by atoms with Gasteiger partial charge in [0.1, 0.15) is 10.7 Å². The van der Waals surface area contributed by atoms with Gasteiger partial charge in [-0.25, -0.2) is 9.97 Å². The van der Waals surface area contributed by atoms with Gasteiger partial charge in [-0.2, -0.15) is 0 Å². The van der Waals surface area contributed by atoms with E-state index in [1.807, 2.05) is 36.4 Å². The number of rotatable bonds is 5. The van der Waals surface area contributed by atoms with Crippen molar-refractivity contribution in [3.05, 3.63) is 107 Å². The second-order valence-electron chi connectivity index (χ2n) is 6.61. The number of hydrogen-bond donors (Lipinski definition) is 1. The predicted molar refractivity (Wildman–Crippen MR) is 115 cm³/mol. The molecule has 5 rings (SSSR count). The Balaban J connectivity index is 1.43.